The topological polar surface area (TPSA) is 67.6 Å². The molecule has 0 saturated carbocycles. The quantitative estimate of drug-likeness (QED) is 0.760. The number of furan rings is 1. The Hall–Kier alpha value is -2.22. The minimum absolute atomic E-state index is 0.00257. The van der Waals surface area contributed by atoms with Gasteiger partial charge < -0.3 is 14.5 Å². The van der Waals surface area contributed by atoms with Gasteiger partial charge in [0.05, 0.1) is 35.7 Å². The Morgan fingerprint density at radius 3 is 2.84 bits per heavy atom. The second-order valence-electron chi connectivity index (χ2n) is 5.88. The summed E-state index contributed by atoms with van der Waals surface area (Å²) in [5, 5.41) is 3.50. The molecule has 0 radical (unpaired) electrons. The highest BCUT2D eigenvalue weighted by Gasteiger charge is 2.25. The third kappa shape index (κ3) is 3.58. The maximum absolute atomic E-state index is 12.5. The Balaban J connectivity index is 1.47. The standard InChI is InChI=1S/C18H19N3O3S/c22-17(18-20-13-4-1-2-6-16(13)25-18)19-12-14(15-5-3-9-24-15)21-7-10-23-11-8-21/h1-6,9,14H,7-8,10-12H2,(H,19,22)/t14-/m0/s1. The average Bonchev–Trinajstić information content (AvgIpc) is 3.32. The summed E-state index contributed by atoms with van der Waals surface area (Å²) in [6, 6.07) is 11.6. The molecule has 3 heterocycles. The number of aromatic nitrogens is 1. The Labute approximate surface area is 149 Å². The first-order valence-electron chi connectivity index (χ1n) is 8.30. The summed E-state index contributed by atoms with van der Waals surface area (Å²) < 4.78 is 12.0. The lowest BCUT2D eigenvalue weighted by atomic mass is 10.1. The first-order valence-corrected chi connectivity index (χ1v) is 9.12. The van der Waals surface area contributed by atoms with E-state index in [9.17, 15) is 4.79 Å². The van der Waals surface area contributed by atoms with E-state index in [1.165, 1.54) is 11.3 Å². The lowest BCUT2D eigenvalue weighted by Crippen LogP contribution is -2.43. The molecule has 7 heteroatoms. The van der Waals surface area contributed by atoms with Gasteiger partial charge in [0.2, 0.25) is 0 Å². The molecule has 0 spiro atoms. The highest BCUT2D eigenvalue weighted by atomic mass is 32.1. The van der Waals surface area contributed by atoms with Gasteiger partial charge in [-0.1, -0.05) is 12.1 Å². The third-order valence-corrected chi connectivity index (χ3v) is 5.34. The summed E-state index contributed by atoms with van der Waals surface area (Å²) >= 11 is 1.41. The van der Waals surface area contributed by atoms with Crippen molar-refractivity contribution in [3.05, 3.63) is 53.4 Å². The van der Waals surface area contributed by atoms with Gasteiger partial charge in [-0.3, -0.25) is 9.69 Å². The van der Waals surface area contributed by atoms with Crippen molar-refractivity contribution in [1.29, 1.82) is 0 Å². The molecule has 1 aliphatic heterocycles. The van der Waals surface area contributed by atoms with Gasteiger partial charge in [0, 0.05) is 19.6 Å². The van der Waals surface area contributed by atoms with Crippen LogP contribution in [-0.2, 0) is 4.74 Å². The van der Waals surface area contributed by atoms with E-state index in [1.54, 1.807) is 6.26 Å². The highest BCUT2D eigenvalue weighted by molar-refractivity contribution is 7.20. The van der Waals surface area contributed by atoms with Crippen molar-refractivity contribution >= 4 is 27.5 Å². The smallest absolute Gasteiger partial charge is 0.280 e. The van der Waals surface area contributed by atoms with Crippen molar-refractivity contribution in [2.24, 2.45) is 0 Å². The molecular weight excluding hydrogens is 338 g/mol. The first kappa shape index (κ1) is 16.3. The third-order valence-electron chi connectivity index (χ3n) is 4.30. The van der Waals surface area contributed by atoms with E-state index < -0.39 is 0 Å². The number of nitrogens with one attached hydrogen (secondary N) is 1. The number of benzene rings is 1. The van der Waals surface area contributed by atoms with Gasteiger partial charge in [-0.25, -0.2) is 4.98 Å². The largest absolute Gasteiger partial charge is 0.468 e. The predicted octanol–water partition coefficient (Wildman–Crippen LogP) is 2.69. The van der Waals surface area contributed by atoms with Gasteiger partial charge in [0.25, 0.3) is 5.91 Å². The summed E-state index contributed by atoms with van der Waals surface area (Å²) in [7, 11) is 0. The normalized spacial score (nSPS) is 16.8. The van der Waals surface area contributed by atoms with Crippen LogP contribution in [0.15, 0.2) is 47.1 Å². The van der Waals surface area contributed by atoms with Crippen molar-refractivity contribution in [3.63, 3.8) is 0 Å². The molecule has 1 aromatic carbocycles. The van der Waals surface area contributed by atoms with E-state index in [0.717, 1.165) is 29.1 Å². The zero-order valence-electron chi connectivity index (χ0n) is 13.7. The summed E-state index contributed by atoms with van der Waals surface area (Å²) in [6.45, 7) is 3.51. The fourth-order valence-corrected chi connectivity index (χ4v) is 3.90. The highest BCUT2D eigenvalue weighted by Crippen LogP contribution is 2.23. The average molecular weight is 357 g/mol. The molecule has 1 atom stereocenters. The van der Waals surface area contributed by atoms with Crippen LogP contribution in [0, 0.1) is 0 Å². The van der Waals surface area contributed by atoms with E-state index in [1.807, 2.05) is 36.4 Å². The van der Waals surface area contributed by atoms with Crippen LogP contribution in [0.4, 0.5) is 0 Å². The van der Waals surface area contributed by atoms with Crippen molar-refractivity contribution in [2.45, 2.75) is 6.04 Å². The van der Waals surface area contributed by atoms with E-state index in [4.69, 9.17) is 9.15 Å². The molecule has 1 aliphatic rings. The molecule has 0 aliphatic carbocycles. The number of rotatable bonds is 5. The SMILES string of the molecule is O=C(NC[C@@H](c1ccco1)N1CCOCC1)c1nc2ccccc2s1. The molecule has 130 valence electrons. The second kappa shape index (κ2) is 7.35. The number of nitrogens with zero attached hydrogens (tertiary/aromatic N) is 2. The number of para-hydroxylation sites is 1. The number of fused-ring (bicyclic) bond motifs is 1. The Kier molecular flexibility index (Phi) is 4.78. The Morgan fingerprint density at radius 2 is 2.08 bits per heavy atom. The minimum atomic E-state index is -0.147. The molecule has 0 bridgehead atoms. The van der Waals surface area contributed by atoms with Crippen LogP contribution in [0.3, 0.4) is 0 Å². The van der Waals surface area contributed by atoms with Crippen LogP contribution in [0.25, 0.3) is 10.2 Å². The van der Waals surface area contributed by atoms with Gasteiger partial charge in [-0.15, -0.1) is 11.3 Å². The molecule has 2 aromatic heterocycles. The maximum Gasteiger partial charge on any atom is 0.280 e. The number of amides is 1. The molecule has 3 aromatic rings. The second-order valence-corrected chi connectivity index (χ2v) is 6.91. The molecule has 1 N–H and O–H groups in total. The van der Waals surface area contributed by atoms with Gasteiger partial charge in [0.15, 0.2) is 5.01 Å². The number of hydrogen-bond acceptors (Lipinski definition) is 6. The fraction of sp³-hybridized carbons (Fsp3) is 0.333. The number of ether oxygens (including phenoxy) is 1. The van der Waals surface area contributed by atoms with Gasteiger partial charge in [-0.05, 0) is 24.3 Å². The lowest BCUT2D eigenvalue weighted by molar-refractivity contribution is 0.0118. The summed E-state index contributed by atoms with van der Waals surface area (Å²) in [4.78, 5) is 19.2. The van der Waals surface area contributed by atoms with Crippen LogP contribution in [0.1, 0.15) is 21.6 Å². The zero-order chi connectivity index (χ0) is 17.1. The lowest BCUT2D eigenvalue weighted by Gasteiger charge is -2.33. The Morgan fingerprint density at radius 1 is 1.24 bits per heavy atom. The van der Waals surface area contributed by atoms with Crippen LogP contribution in [-0.4, -0.2) is 48.6 Å². The number of carbonyl (C=O) groups excluding carboxylic acids is 1. The monoisotopic (exact) mass is 357 g/mol. The molecule has 6 nitrogen and oxygen atoms in total. The summed E-state index contributed by atoms with van der Waals surface area (Å²) in [5.41, 5.74) is 0.855. The molecule has 1 fully saturated rings. The molecule has 1 saturated heterocycles. The number of thiazole rings is 1. The van der Waals surface area contributed by atoms with Gasteiger partial charge >= 0.3 is 0 Å². The molecular formula is C18H19N3O3S. The molecule has 1 amide bonds. The number of morpholine rings is 1. The van der Waals surface area contributed by atoms with E-state index in [0.29, 0.717) is 24.8 Å². The van der Waals surface area contributed by atoms with Crippen molar-refractivity contribution in [2.75, 3.05) is 32.8 Å². The van der Waals surface area contributed by atoms with Crippen LogP contribution in [0.2, 0.25) is 0 Å². The first-order chi connectivity index (χ1) is 12.3. The zero-order valence-corrected chi connectivity index (χ0v) is 14.5. The van der Waals surface area contributed by atoms with Crippen LogP contribution >= 0.6 is 11.3 Å². The van der Waals surface area contributed by atoms with Gasteiger partial charge in [0.1, 0.15) is 5.76 Å². The van der Waals surface area contributed by atoms with Crippen LogP contribution < -0.4 is 5.32 Å². The Bertz CT molecular complexity index is 807. The van der Waals surface area contributed by atoms with E-state index >= 15 is 0 Å². The molecule has 25 heavy (non-hydrogen) atoms. The predicted molar refractivity (Wildman–Crippen MR) is 95.8 cm³/mol. The van der Waals surface area contributed by atoms with Crippen LogP contribution in [0.5, 0.6) is 0 Å². The molecule has 0 unspecified atom stereocenters. The maximum atomic E-state index is 12.5. The molecule has 4 rings (SSSR count). The van der Waals surface area contributed by atoms with E-state index in [2.05, 4.69) is 15.2 Å². The number of carbonyl (C=O) groups is 1. The van der Waals surface area contributed by atoms with Crippen molar-refractivity contribution < 1.29 is 13.9 Å². The van der Waals surface area contributed by atoms with Gasteiger partial charge in [-0.2, -0.15) is 0 Å². The number of hydrogen-bond donors (Lipinski definition) is 1. The minimum Gasteiger partial charge on any atom is -0.468 e. The van der Waals surface area contributed by atoms with Crippen molar-refractivity contribution in [1.82, 2.24) is 15.2 Å². The van der Waals surface area contributed by atoms with E-state index in [-0.39, 0.29) is 11.9 Å². The summed E-state index contributed by atoms with van der Waals surface area (Å²) in [6.07, 6.45) is 1.66. The summed E-state index contributed by atoms with van der Waals surface area (Å²) in [5.74, 6) is 0.706. The fourth-order valence-electron chi connectivity index (χ4n) is 3.01. The van der Waals surface area contributed by atoms with Crippen molar-refractivity contribution in [3.8, 4) is 0 Å².